The Morgan fingerprint density at radius 2 is 2.29 bits per heavy atom. The van der Waals surface area contributed by atoms with Gasteiger partial charge in [0, 0.05) is 6.54 Å². The normalized spacial score (nSPS) is 10.4. The Morgan fingerprint density at radius 1 is 1.43 bits per heavy atom. The van der Waals surface area contributed by atoms with E-state index < -0.39 is 0 Å². The second-order valence-corrected chi connectivity index (χ2v) is 3.70. The first-order valence-electron chi connectivity index (χ1n) is 4.19. The van der Waals surface area contributed by atoms with Gasteiger partial charge >= 0.3 is 0 Å². The van der Waals surface area contributed by atoms with Crippen LogP contribution in [-0.2, 0) is 6.54 Å². The molecule has 1 aromatic heterocycles. The van der Waals surface area contributed by atoms with Crippen molar-refractivity contribution in [1.82, 2.24) is 4.98 Å². The maximum Gasteiger partial charge on any atom is 0.123 e. The Hall–Kier alpha value is -1.26. The molecule has 1 aromatic carbocycles. The van der Waals surface area contributed by atoms with Gasteiger partial charge in [0.05, 0.1) is 16.1 Å². The molecule has 2 rings (SSSR count). The second-order valence-electron chi connectivity index (χ2n) is 2.84. The molecule has 0 aliphatic rings. The Morgan fingerprint density at radius 3 is 3.00 bits per heavy atom. The Kier molecular flexibility index (Phi) is 2.56. The highest BCUT2D eigenvalue weighted by molar-refractivity contribution is 7.13. The van der Waals surface area contributed by atoms with Gasteiger partial charge in [0.2, 0.25) is 0 Å². The van der Waals surface area contributed by atoms with E-state index >= 15 is 0 Å². The topological polar surface area (TPSA) is 38.9 Å². The van der Waals surface area contributed by atoms with Crippen LogP contribution in [0.15, 0.2) is 29.8 Å². The van der Waals surface area contributed by atoms with E-state index in [1.807, 2.05) is 6.07 Å². The maximum absolute atomic E-state index is 12.9. The van der Waals surface area contributed by atoms with Crippen LogP contribution in [-0.4, -0.2) is 4.98 Å². The zero-order valence-corrected chi connectivity index (χ0v) is 8.22. The molecule has 0 unspecified atom stereocenters. The lowest BCUT2D eigenvalue weighted by Gasteiger charge is -1.99. The van der Waals surface area contributed by atoms with Crippen molar-refractivity contribution < 1.29 is 4.39 Å². The van der Waals surface area contributed by atoms with Crippen LogP contribution in [0.3, 0.4) is 0 Å². The predicted octanol–water partition coefficient (Wildman–Crippen LogP) is 2.41. The first-order valence-corrected chi connectivity index (χ1v) is 5.07. The molecule has 2 nitrogen and oxygen atoms in total. The minimum absolute atomic E-state index is 0.237. The van der Waals surface area contributed by atoms with E-state index in [0.29, 0.717) is 6.54 Å². The van der Waals surface area contributed by atoms with Gasteiger partial charge < -0.3 is 5.73 Å². The van der Waals surface area contributed by atoms with E-state index in [4.69, 9.17) is 5.73 Å². The van der Waals surface area contributed by atoms with Crippen LogP contribution >= 0.6 is 11.3 Å². The fraction of sp³-hybridized carbons (Fsp3) is 0.100. The number of thiazole rings is 1. The van der Waals surface area contributed by atoms with Gasteiger partial charge in [0.1, 0.15) is 5.82 Å². The van der Waals surface area contributed by atoms with E-state index in [-0.39, 0.29) is 5.82 Å². The number of aromatic nitrogens is 1. The molecule has 14 heavy (non-hydrogen) atoms. The summed E-state index contributed by atoms with van der Waals surface area (Å²) in [6, 6.07) is 6.46. The Bertz CT molecular complexity index is 439. The van der Waals surface area contributed by atoms with Crippen LogP contribution in [0.1, 0.15) is 5.69 Å². The van der Waals surface area contributed by atoms with E-state index in [2.05, 4.69) is 4.98 Å². The Balaban J connectivity index is 2.49. The number of hydrogen-bond donors (Lipinski definition) is 1. The molecule has 0 spiro atoms. The van der Waals surface area contributed by atoms with E-state index in [0.717, 1.165) is 16.1 Å². The van der Waals surface area contributed by atoms with Crippen molar-refractivity contribution in [1.29, 1.82) is 0 Å². The van der Waals surface area contributed by atoms with E-state index in [1.165, 1.54) is 23.5 Å². The van der Waals surface area contributed by atoms with Crippen molar-refractivity contribution in [2.24, 2.45) is 5.73 Å². The summed E-state index contributed by atoms with van der Waals surface area (Å²) in [5.41, 5.74) is 8.91. The maximum atomic E-state index is 12.9. The quantitative estimate of drug-likeness (QED) is 0.823. The van der Waals surface area contributed by atoms with Crippen molar-refractivity contribution >= 4 is 11.3 Å². The molecule has 72 valence electrons. The van der Waals surface area contributed by atoms with Gasteiger partial charge in [0.25, 0.3) is 0 Å². The van der Waals surface area contributed by atoms with Gasteiger partial charge in [-0.1, -0.05) is 12.1 Å². The minimum atomic E-state index is -0.237. The standard InChI is InChI=1S/C10H9FN2S/c11-8-3-1-2-7(4-8)10-9(5-12)13-6-14-10/h1-4,6H,5,12H2. The van der Waals surface area contributed by atoms with E-state index in [1.54, 1.807) is 11.6 Å². The summed E-state index contributed by atoms with van der Waals surface area (Å²) < 4.78 is 12.9. The van der Waals surface area contributed by atoms with Crippen molar-refractivity contribution in [3.05, 3.63) is 41.3 Å². The Labute approximate surface area is 85.2 Å². The number of benzene rings is 1. The van der Waals surface area contributed by atoms with Gasteiger partial charge in [-0.3, -0.25) is 0 Å². The summed E-state index contributed by atoms with van der Waals surface area (Å²) in [5.74, 6) is -0.237. The molecular formula is C10H9FN2S. The van der Waals surface area contributed by atoms with Gasteiger partial charge in [0.15, 0.2) is 0 Å². The summed E-state index contributed by atoms with van der Waals surface area (Å²) in [4.78, 5) is 5.06. The zero-order valence-electron chi connectivity index (χ0n) is 7.40. The van der Waals surface area contributed by atoms with Crippen molar-refractivity contribution in [2.75, 3.05) is 0 Å². The lowest BCUT2D eigenvalue weighted by atomic mass is 10.1. The molecule has 0 radical (unpaired) electrons. The number of halogens is 1. The van der Waals surface area contributed by atoms with Crippen LogP contribution in [0.2, 0.25) is 0 Å². The first kappa shape index (κ1) is 9.30. The highest BCUT2D eigenvalue weighted by Crippen LogP contribution is 2.27. The van der Waals surface area contributed by atoms with Gasteiger partial charge in [-0.05, 0) is 17.7 Å². The third-order valence-corrected chi connectivity index (χ3v) is 2.84. The van der Waals surface area contributed by atoms with Crippen molar-refractivity contribution in [2.45, 2.75) is 6.54 Å². The second kappa shape index (κ2) is 3.86. The van der Waals surface area contributed by atoms with Crippen molar-refractivity contribution in [3.8, 4) is 10.4 Å². The molecule has 0 aliphatic carbocycles. The SMILES string of the molecule is NCc1ncsc1-c1cccc(F)c1. The van der Waals surface area contributed by atoms with Crippen LogP contribution < -0.4 is 5.73 Å². The smallest absolute Gasteiger partial charge is 0.123 e. The van der Waals surface area contributed by atoms with Crippen LogP contribution in [0.5, 0.6) is 0 Å². The zero-order chi connectivity index (χ0) is 9.97. The molecular weight excluding hydrogens is 199 g/mol. The summed E-state index contributed by atoms with van der Waals surface area (Å²) in [5, 5.41) is 0. The number of rotatable bonds is 2. The summed E-state index contributed by atoms with van der Waals surface area (Å²) in [6.07, 6.45) is 0. The molecule has 0 bridgehead atoms. The van der Waals surface area contributed by atoms with Crippen LogP contribution in [0, 0.1) is 5.82 Å². The molecule has 2 aromatic rings. The third-order valence-electron chi connectivity index (χ3n) is 1.92. The summed E-state index contributed by atoms with van der Waals surface area (Å²) in [7, 11) is 0. The highest BCUT2D eigenvalue weighted by atomic mass is 32.1. The molecule has 2 N–H and O–H groups in total. The average molecular weight is 208 g/mol. The molecule has 0 saturated carbocycles. The lowest BCUT2D eigenvalue weighted by Crippen LogP contribution is -1.97. The molecule has 0 fully saturated rings. The fourth-order valence-electron chi connectivity index (χ4n) is 1.28. The van der Waals surface area contributed by atoms with Crippen LogP contribution in [0.25, 0.3) is 10.4 Å². The molecule has 0 amide bonds. The minimum Gasteiger partial charge on any atom is -0.325 e. The molecule has 4 heteroatoms. The fourth-order valence-corrected chi connectivity index (χ4v) is 2.10. The number of nitrogens with two attached hydrogens (primary N) is 1. The molecule has 0 saturated heterocycles. The summed E-state index contributed by atoms with van der Waals surface area (Å²) in [6.45, 7) is 0.384. The molecule has 0 atom stereocenters. The van der Waals surface area contributed by atoms with Gasteiger partial charge in [-0.15, -0.1) is 11.3 Å². The predicted molar refractivity (Wildman–Crippen MR) is 55.4 cm³/mol. The molecule has 0 aliphatic heterocycles. The first-order chi connectivity index (χ1) is 6.81. The average Bonchev–Trinajstić information content (AvgIpc) is 2.65. The number of nitrogens with zero attached hydrogens (tertiary/aromatic N) is 1. The third kappa shape index (κ3) is 1.66. The van der Waals surface area contributed by atoms with Crippen LogP contribution in [0.4, 0.5) is 4.39 Å². The lowest BCUT2D eigenvalue weighted by molar-refractivity contribution is 0.628. The largest absolute Gasteiger partial charge is 0.325 e. The highest BCUT2D eigenvalue weighted by Gasteiger charge is 2.07. The van der Waals surface area contributed by atoms with E-state index in [9.17, 15) is 4.39 Å². The van der Waals surface area contributed by atoms with Gasteiger partial charge in [-0.25, -0.2) is 9.37 Å². The number of hydrogen-bond acceptors (Lipinski definition) is 3. The summed E-state index contributed by atoms with van der Waals surface area (Å²) >= 11 is 1.48. The monoisotopic (exact) mass is 208 g/mol. The van der Waals surface area contributed by atoms with Gasteiger partial charge in [-0.2, -0.15) is 0 Å². The van der Waals surface area contributed by atoms with Crippen molar-refractivity contribution in [3.63, 3.8) is 0 Å². The molecule has 1 heterocycles.